The quantitative estimate of drug-likeness (QED) is 0.355. The maximum absolute atomic E-state index is 12.0. The highest BCUT2D eigenvalue weighted by atomic mass is 127. The summed E-state index contributed by atoms with van der Waals surface area (Å²) in [6.45, 7) is 7.67. The summed E-state index contributed by atoms with van der Waals surface area (Å²) in [6.07, 6.45) is 2.47. The first kappa shape index (κ1) is 24.7. The molecule has 1 heterocycles. The van der Waals surface area contributed by atoms with E-state index in [1.807, 2.05) is 18.2 Å². The standard InChI is InChI=1S/C21H35N5O.HI/c1-6-26-14-10-13-19(26)16-25(5)21(22-15-20(27)24(3)4)23-17(2)18-11-8-7-9-12-18;/h7-9,11-12,17,19H,6,10,13-16H2,1-5H3,(H,22,23);1H. The van der Waals surface area contributed by atoms with Gasteiger partial charge in [0.2, 0.25) is 5.91 Å². The van der Waals surface area contributed by atoms with E-state index >= 15 is 0 Å². The molecule has 2 atom stereocenters. The molecule has 1 amide bonds. The van der Waals surface area contributed by atoms with Crippen molar-refractivity contribution in [2.75, 3.05) is 47.3 Å². The van der Waals surface area contributed by atoms with Gasteiger partial charge >= 0.3 is 0 Å². The number of halogens is 1. The summed E-state index contributed by atoms with van der Waals surface area (Å²) < 4.78 is 0. The molecule has 1 fully saturated rings. The first-order chi connectivity index (χ1) is 12.9. The average molecular weight is 501 g/mol. The van der Waals surface area contributed by atoms with E-state index in [1.54, 1.807) is 19.0 Å². The predicted octanol–water partition coefficient (Wildman–Crippen LogP) is 2.82. The second-order valence-electron chi connectivity index (χ2n) is 7.51. The van der Waals surface area contributed by atoms with Crippen molar-refractivity contribution in [3.05, 3.63) is 35.9 Å². The Hall–Kier alpha value is -1.35. The van der Waals surface area contributed by atoms with Gasteiger partial charge in [0.25, 0.3) is 0 Å². The Morgan fingerprint density at radius 3 is 2.57 bits per heavy atom. The molecule has 0 spiro atoms. The number of benzene rings is 1. The SMILES string of the molecule is CCN1CCCC1CN(C)C(=NCC(=O)N(C)C)NC(C)c1ccccc1.I. The van der Waals surface area contributed by atoms with Gasteiger partial charge < -0.3 is 15.1 Å². The number of rotatable bonds is 7. The van der Waals surface area contributed by atoms with Crippen LogP contribution in [0.3, 0.4) is 0 Å². The normalized spacial score (nSPS) is 18.3. The van der Waals surface area contributed by atoms with Crippen LogP contribution in [0.2, 0.25) is 0 Å². The molecule has 1 aliphatic heterocycles. The topological polar surface area (TPSA) is 51.2 Å². The summed E-state index contributed by atoms with van der Waals surface area (Å²) in [6, 6.07) is 11.0. The van der Waals surface area contributed by atoms with Crippen molar-refractivity contribution in [3.63, 3.8) is 0 Å². The molecular weight excluding hydrogens is 465 g/mol. The molecule has 0 radical (unpaired) electrons. The lowest BCUT2D eigenvalue weighted by atomic mass is 10.1. The molecule has 6 nitrogen and oxygen atoms in total. The Balaban J connectivity index is 0.00000392. The van der Waals surface area contributed by atoms with E-state index in [0.29, 0.717) is 6.04 Å². The van der Waals surface area contributed by atoms with Crippen LogP contribution in [0.4, 0.5) is 0 Å². The number of hydrogen-bond donors (Lipinski definition) is 1. The van der Waals surface area contributed by atoms with E-state index in [4.69, 9.17) is 0 Å². The van der Waals surface area contributed by atoms with Gasteiger partial charge in [-0.25, -0.2) is 4.99 Å². The van der Waals surface area contributed by atoms with Crippen LogP contribution in [0.25, 0.3) is 0 Å². The number of nitrogens with one attached hydrogen (secondary N) is 1. The number of nitrogens with zero attached hydrogens (tertiary/aromatic N) is 4. The van der Waals surface area contributed by atoms with Crippen molar-refractivity contribution >= 4 is 35.8 Å². The molecular formula is C21H36IN5O. The number of guanidine groups is 1. The molecule has 1 aliphatic rings. The Morgan fingerprint density at radius 2 is 1.96 bits per heavy atom. The predicted molar refractivity (Wildman–Crippen MR) is 127 cm³/mol. The molecule has 0 aromatic heterocycles. The largest absolute Gasteiger partial charge is 0.350 e. The maximum atomic E-state index is 12.0. The van der Waals surface area contributed by atoms with Crippen molar-refractivity contribution in [2.45, 2.75) is 38.8 Å². The van der Waals surface area contributed by atoms with Crippen LogP contribution in [0.15, 0.2) is 35.3 Å². The number of amides is 1. The molecule has 0 aliphatic carbocycles. The third-order valence-corrected chi connectivity index (χ3v) is 5.26. The molecule has 1 aromatic carbocycles. The fourth-order valence-corrected chi connectivity index (χ4v) is 3.50. The van der Waals surface area contributed by atoms with Crippen LogP contribution < -0.4 is 5.32 Å². The first-order valence-corrected chi connectivity index (χ1v) is 9.93. The van der Waals surface area contributed by atoms with E-state index < -0.39 is 0 Å². The van der Waals surface area contributed by atoms with Crippen LogP contribution in [-0.4, -0.2) is 79.9 Å². The fourth-order valence-electron chi connectivity index (χ4n) is 3.50. The molecule has 0 saturated carbocycles. The van der Waals surface area contributed by atoms with Gasteiger partial charge in [0, 0.05) is 33.7 Å². The highest BCUT2D eigenvalue weighted by Gasteiger charge is 2.25. The first-order valence-electron chi connectivity index (χ1n) is 9.93. The van der Waals surface area contributed by atoms with Gasteiger partial charge in [-0.05, 0) is 38.4 Å². The monoisotopic (exact) mass is 501 g/mol. The number of likely N-dealkylation sites (N-methyl/N-ethyl adjacent to an activating group) is 3. The summed E-state index contributed by atoms with van der Waals surface area (Å²) in [5.74, 6) is 0.788. The number of hydrogen-bond acceptors (Lipinski definition) is 3. The lowest BCUT2D eigenvalue weighted by Crippen LogP contribution is -2.46. The van der Waals surface area contributed by atoms with E-state index in [0.717, 1.165) is 19.0 Å². The smallest absolute Gasteiger partial charge is 0.243 e. The summed E-state index contributed by atoms with van der Waals surface area (Å²) in [4.78, 5) is 22.9. The summed E-state index contributed by atoms with van der Waals surface area (Å²) in [7, 11) is 5.59. The molecule has 0 bridgehead atoms. The van der Waals surface area contributed by atoms with Crippen molar-refractivity contribution in [1.82, 2.24) is 20.0 Å². The van der Waals surface area contributed by atoms with E-state index in [1.165, 1.54) is 24.9 Å². The Labute approximate surface area is 187 Å². The summed E-state index contributed by atoms with van der Waals surface area (Å²) in [5, 5.41) is 3.52. The second-order valence-corrected chi connectivity index (χ2v) is 7.51. The zero-order valence-electron chi connectivity index (χ0n) is 17.9. The molecule has 158 valence electrons. The average Bonchev–Trinajstić information content (AvgIpc) is 3.12. The van der Waals surface area contributed by atoms with Crippen molar-refractivity contribution in [2.24, 2.45) is 4.99 Å². The van der Waals surface area contributed by atoms with Gasteiger partial charge in [-0.3, -0.25) is 9.69 Å². The molecule has 2 unspecified atom stereocenters. The number of carbonyl (C=O) groups excluding carboxylic acids is 1. The zero-order valence-corrected chi connectivity index (χ0v) is 20.2. The van der Waals surface area contributed by atoms with Gasteiger partial charge in [-0.15, -0.1) is 24.0 Å². The van der Waals surface area contributed by atoms with Gasteiger partial charge in [0.1, 0.15) is 6.54 Å². The third kappa shape index (κ3) is 7.24. The third-order valence-electron chi connectivity index (χ3n) is 5.26. The van der Waals surface area contributed by atoms with Gasteiger partial charge in [-0.2, -0.15) is 0 Å². The van der Waals surface area contributed by atoms with Gasteiger partial charge in [0.05, 0.1) is 6.04 Å². The van der Waals surface area contributed by atoms with Crippen LogP contribution in [0, 0.1) is 0 Å². The van der Waals surface area contributed by atoms with Crippen molar-refractivity contribution < 1.29 is 4.79 Å². The van der Waals surface area contributed by atoms with Gasteiger partial charge in [0.15, 0.2) is 5.96 Å². The summed E-state index contributed by atoms with van der Waals surface area (Å²) >= 11 is 0. The molecule has 1 N–H and O–H groups in total. The van der Waals surface area contributed by atoms with Crippen LogP contribution in [0.1, 0.15) is 38.3 Å². The van der Waals surface area contributed by atoms with Crippen molar-refractivity contribution in [1.29, 1.82) is 0 Å². The van der Waals surface area contributed by atoms with Crippen LogP contribution >= 0.6 is 24.0 Å². The highest BCUT2D eigenvalue weighted by molar-refractivity contribution is 14.0. The highest BCUT2D eigenvalue weighted by Crippen LogP contribution is 2.18. The summed E-state index contributed by atoms with van der Waals surface area (Å²) in [5.41, 5.74) is 1.20. The van der Waals surface area contributed by atoms with E-state index in [-0.39, 0.29) is 42.5 Å². The number of carbonyl (C=O) groups is 1. The molecule has 2 rings (SSSR count). The lowest BCUT2D eigenvalue weighted by molar-refractivity contribution is -0.127. The molecule has 1 saturated heterocycles. The Kier molecular flexibility index (Phi) is 10.8. The molecule has 7 heteroatoms. The lowest BCUT2D eigenvalue weighted by Gasteiger charge is -2.31. The van der Waals surface area contributed by atoms with E-state index in [2.05, 4.69) is 53.1 Å². The maximum Gasteiger partial charge on any atom is 0.243 e. The Morgan fingerprint density at radius 1 is 1.29 bits per heavy atom. The number of aliphatic imine (C=N–C) groups is 1. The molecule has 28 heavy (non-hydrogen) atoms. The number of likely N-dealkylation sites (tertiary alicyclic amines) is 1. The second kappa shape index (κ2) is 12.3. The fraction of sp³-hybridized carbons (Fsp3) is 0.619. The minimum atomic E-state index is 0. The minimum Gasteiger partial charge on any atom is -0.350 e. The Bertz CT molecular complexity index is 622. The van der Waals surface area contributed by atoms with Crippen LogP contribution in [-0.2, 0) is 4.79 Å². The zero-order chi connectivity index (χ0) is 19.8. The van der Waals surface area contributed by atoms with E-state index in [9.17, 15) is 4.79 Å². The van der Waals surface area contributed by atoms with Crippen molar-refractivity contribution in [3.8, 4) is 0 Å². The van der Waals surface area contributed by atoms with Gasteiger partial charge in [-0.1, -0.05) is 37.3 Å². The molecule has 1 aromatic rings. The minimum absolute atomic E-state index is 0. The van der Waals surface area contributed by atoms with Crippen LogP contribution in [0.5, 0.6) is 0 Å².